The predicted molar refractivity (Wildman–Crippen MR) is 83.8 cm³/mol. The Morgan fingerprint density at radius 2 is 1.60 bits per heavy atom. The lowest BCUT2D eigenvalue weighted by Crippen LogP contribution is -1.89. The van der Waals surface area contributed by atoms with Crippen molar-refractivity contribution in [1.29, 1.82) is 0 Å². The quantitative estimate of drug-likeness (QED) is 0.714. The van der Waals surface area contributed by atoms with Gasteiger partial charge in [-0.25, -0.2) is 0 Å². The average Bonchev–Trinajstić information content (AvgIpc) is 2.50. The van der Waals surface area contributed by atoms with Crippen LogP contribution in [0.15, 0.2) is 48.5 Å². The molecule has 0 heterocycles. The van der Waals surface area contributed by atoms with Crippen molar-refractivity contribution in [3.63, 3.8) is 0 Å². The maximum Gasteiger partial charge on any atom is 0.169 e. The first-order valence-electron chi connectivity index (χ1n) is 6.01. The molecular formula is C15H16ClFO2S. The molecule has 0 saturated carbocycles. The summed E-state index contributed by atoms with van der Waals surface area (Å²) in [6.07, 6.45) is 0. The van der Waals surface area contributed by atoms with Crippen LogP contribution < -0.4 is 9.47 Å². The lowest BCUT2D eigenvalue weighted by atomic mass is 10.3. The van der Waals surface area contributed by atoms with Gasteiger partial charge in [0.2, 0.25) is 0 Å². The Bertz CT molecular complexity index is 503. The zero-order chi connectivity index (χ0) is 14.8. The van der Waals surface area contributed by atoms with E-state index >= 15 is 0 Å². The molecule has 2 aromatic rings. The molecule has 0 aliphatic carbocycles. The highest BCUT2D eigenvalue weighted by Gasteiger charge is 2.03. The Morgan fingerprint density at radius 1 is 1.05 bits per heavy atom. The number of para-hydroxylation sites is 2. The Labute approximate surface area is 128 Å². The first-order chi connectivity index (χ1) is 9.71. The maximum atomic E-state index is 10.6. The Balaban J connectivity index is 0.000000444. The van der Waals surface area contributed by atoms with Gasteiger partial charge >= 0.3 is 0 Å². The third-order valence-electron chi connectivity index (χ3n) is 2.22. The van der Waals surface area contributed by atoms with E-state index in [1.165, 1.54) is 0 Å². The van der Waals surface area contributed by atoms with Crippen molar-refractivity contribution in [2.24, 2.45) is 0 Å². The van der Waals surface area contributed by atoms with Crippen molar-refractivity contribution in [2.75, 3.05) is 12.9 Å². The Morgan fingerprint density at radius 3 is 2.10 bits per heavy atom. The minimum atomic E-state index is 0.356. The summed E-state index contributed by atoms with van der Waals surface area (Å²) >= 11 is 6.15. The molecule has 0 spiro atoms. The van der Waals surface area contributed by atoms with E-state index < -0.39 is 0 Å². The van der Waals surface area contributed by atoms with E-state index in [9.17, 15) is 3.89 Å². The first kappa shape index (κ1) is 16.7. The Kier molecular flexibility index (Phi) is 7.92. The molecule has 2 rings (SSSR count). The van der Waals surface area contributed by atoms with Crippen LogP contribution in [0.3, 0.4) is 0 Å². The van der Waals surface area contributed by atoms with Gasteiger partial charge < -0.3 is 9.47 Å². The van der Waals surface area contributed by atoms with Crippen LogP contribution in [0.1, 0.15) is 6.92 Å². The van der Waals surface area contributed by atoms with E-state index in [4.69, 9.17) is 21.1 Å². The summed E-state index contributed by atoms with van der Waals surface area (Å²) in [6.45, 7) is 1.77. The molecule has 0 N–H and O–H groups in total. The van der Waals surface area contributed by atoms with Crippen molar-refractivity contribution in [2.45, 2.75) is 6.92 Å². The van der Waals surface area contributed by atoms with Gasteiger partial charge in [-0.15, -0.1) is 0 Å². The number of hydrogen-bond donors (Lipinski definition) is 0. The van der Waals surface area contributed by atoms with Gasteiger partial charge in [-0.05, 0) is 36.4 Å². The summed E-state index contributed by atoms with van der Waals surface area (Å²) in [5.74, 6) is 2.69. The molecule has 5 heteroatoms. The zero-order valence-corrected chi connectivity index (χ0v) is 12.9. The number of benzene rings is 2. The smallest absolute Gasteiger partial charge is 0.169 e. The third kappa shape index (κ3) is 5.72. The van der Waals surface area contributed by atoms with Crippen LogP contribution in [0.4, 0.5) is 3.89 Å². The second-order valence-corrected chi connectivity index (χ2v) is 4.84. The van der Waals surface area contributed by atoms with Crippen LogP contribution in [-0.2, 0) is 0 Å². The van der Waals surface area contributed by atoms with Crippen molar-refractivity contribution in [3.8, 4) is 17.2 Å². The van der Waals surface area contributed by atoms with Crippen molar-refractivity contribution >= 4 is 23.7 Å². The van der Waals surface area contributed by atoms with Gasteiger partial charge in [-0.1, -0.05) is 30.7 Å². The van der Waals surface area contributed by atoms with Crippen LogP contribution in [0.25, 0.3) is 0 Å². The Hall–Kier alpha value is -1.39. The predicted octanol–water partition coefficient (Wildman–Crippen LogP) is 5.76. The molecule has 0 fully saturated rings. The molecule has 0 saturated heterocycles. The summed E-state index contributed by atoms with van der Waals surface area (Å²) in [4.78, 5) is 0. The molecule has 0 amide bonds. The first-order valence-corrected chi connectivity index (χ1v) is 7.27. The SMILES string of the molecule is CCSF.COc1ccccc1Oc1ccc(Cl)cc1. The van der Waals surface area contributed by atoms with E-state index in [0.29, 0.717) is 34.4 Å². The van der Waals surface area contributed by atoms with E-state index in [2.05, 4.69) is 0 Å². The number of rotatable bonds is 4. The van der Waals surface area contributed by atoms with E-state index in [0.717, 1.165) is 5.75 Å². The highest BCUT2D eigenvalue weighted by atomic mass is 35.5. The fraction of sp³-hybridized carbons (Fsp3) is 0.200. The molecule has 20 heavy (non-hydrogen) atoms. The molecule has 0 unspecified atom stereocenters. The van der Waals surface area contributed by atoms with E-state index in [-0.39, 0.29) is 0 Å². The molecule has 2 aromatic carbocycles. The highest BCUT2D eigenvalue weighted by Crippen LogP contribution is 2.31. The summed E-state index contributed by atoms with van der Waals surface area (Å²) in [7, 11) is 1.62. The molecule has 2 nitrogen and oxygen atoms in total. The second-order valence-electron chi connectivity index (χ2n) is 3.60. The van der Waals surface area contributed by atoms with Gasteiger partial charge in [-0.3, -0.25) is 0 Å². The van der Waals surface area contributed by atoms with Gasteiger partial charge in [-0.2, -0.15) is 3.89 Å². The van der Waals surface area contributed by atoms with Gasteiger partial charge in [0, 0.05) is 22.9 Å². The molecular weight excluding hydrogens is 299 g/mol. The zero-order valence-electron chi connectivity index (χ0n) is 11.3. The second kappa shape index (κ2) is 9.50. The monoisotopic (exact) mass is 314 g/mol. The van der Waals surface area contributed by atoms with Crippen molar-refractivity contribution in [1.82, 2.24) is 0 Å². The minimum Gasteiger partial charge on any atom is -0.493 e. The van der Waals surface area contributed by atoms with Gasteiger partial charge in [0.1, 0.15) is 5.75 Å². The van der Waals surface area contributed by atoms with Gasteiger partial charge in [0.25, 0.3) is 0 Å². The molecule has 0 aliphatic heterocycles. The van der Waals surface area contributed by atoms with Gasteiger partial charge in [0.05, 0.1) is 7.11 Å². The molecule has 0 atom stereocenters. The number of ether oxygens (including phenoxy) is 2. The van der Waals surface area contributed by atoms with Crippen LogP contribution in [0, 0.1) is 0 Å². The van der Waals surface area contributed by atoms with E-state index in [1.807, 2.05) is 36.4 Å². The van der Waals surface area contributed by atoms with Gasteiger partial charge in [0.15, 0.2) is 11.5 Å². The topological polar surface area (TPSA) is 18.5 Å². The summed E-state index contributed by atoms with van der Waals surface area (Å²) in [5, 5.41) is 0.687. The van der Waals surface area contributed by atoms with Crippen molar-refractivity contribution < 1.29 is 13.4 Å². The molecule has 108 valence electrons. The lowest BCUT2D eigenvalue weighted by Gasteiger charge is -2.09. The standard InChI is InChI=1S/C13H11ClO2.C2H5FS/c1-15-12-4-2-3-5-13(12)16-11-8-6-10(14)7-9-11;1-2-4-3/h2-9H,1H3;2H2,1H3. The highest BCUT2D eigenvalue weighted by molar-refractivity contribution is 7.94. The fourth-order valence-electron chi connectivity index (χ4n) is 1.33. The maximum absolute atomic E-state index is 10.6. The van der Waals surface area contributed by atoms with Crippen LogP contribution in [0.2, 0.25) is 5.02 Å². The number of halogens is 2. The van der Waals surface area contributed by atoms with Crippen LogP contribution >= 0.6 is 23.7 Å². The molecule has 0 bridgehead atoms. The van der Waals surface area contributed by atoms with E-state index in [1.54, 1.807) is 26.2 Å². The number of hydrogen-bond acceptors (Lipinski definition) is 3. The largest absolute Gasteiger partial charge is 0.493 e. The van der Waals surface area contributed by atoms with Crippen LogP contribution in [0.5, 0.6) is 17.2 Å². The molecule has 0 aromatic heterocycles. The molecule has 0 radical (unpaired) electrons. The number of methoxy groups -OCH3 is 1. The van der Waals surface area contributed by atoms with Crippen molar-refractivity contribution in [3.05, 3.63) is 53.6 Å². The summed E-state index contributed by atoms with van der Waals surface area (Å²) in [5.41, 5.74) is 0. The summed E-state index contributed by atoms with van der Waals surface area (Å²) in [6, 6.07) is 14.7. The van der Waals surface area contributed by atoms with Crippen LogP contribution in [-0.4, -0.2) is 12.9 Å². The normalized spacial score (nSPS) is 9.40. The lowest BCUT2D eigenvalue weighted by molar-refractivity contribution is 0.379. The third-order valence-corrected chi connectivity index (χ3v) is 2.69. The minimum absolute atomic E-state index is 0.356. The molecule has 0 aliphatic rings. The fourth-order valence-corrected chi connectivity index (χ4v) is 1.46. The average molecular weight is 315 g/mol. The summed E-state index contributed by atoms with van der Waals surface area (Å²) < 4.78 is 21.5.